The van der Waals surface area contributed by atoms with Gasteiger partial charge < -0.3 is 10.1 Å². The molecule has 1 amide bonds. The highest BCUT2D eigenvalue weighted by atomic mass is 16.5. The highest BCUT2D eigenvalue weighted by molar-refractivity contribution is 5.97. The first kappa shape index (κ1) is 11.6. The van der Waals surface area contributed by atoms with Gasteiger partial charge in [-0.05, 0) is 43.2 Å². The van der Waals surface area contributed by atoms with Crippen LogP contribution in [-0.4, -0.2) is 19.1 Å². The second-order valence-corrected chi connectivity index (χ2v) is 5.46. The lowest BCUT2D eigenvalue weighted by Crippen LogP contribution is -2.38. The number of nitrogens with one attached hydrogen (secondary N) is 1. The molecule has 1 N–H and O–H groups in total. The highest BCUT2D eigenvalue weighted by Crippen LogP contribution is 2.44. The van der Waals surface area contributed by atoms with Crippen LogP contribution in [0.25, 0.3) is 0 Å². The number of ether oxygens (including phenoxy) is 1. The summed E-state index contributed by atoms with van der Waals surface area (Å²) in [4.78, 5) is 12.3. The Kier molecular flexibility index (Phi) is 2.98. The van der Waals surface area contributed by atoms with Gasteiger partial charge in [0.25, 0.3) is 5.91 Å². The standard InChI is InChI=1S/C15H19NO2/c1-18-14-5-3-2-4-12(14)15(17)16-13-9-10-6-7-11(13)8-10/h2-5,10-11,13H,6-9H2,1H3,(H,16,17). The molecule has 96 valence electrons. The molecule has 18 heavy (non-hydrogen) atoms. The van der Waals surface area contributed by atoms with Crippen LogP contribution in [0, 0.1) is 11.8 Å². The fourth-order valence-corrected chi connectivity index (χ4v) is 3.50. The first-order valence-electron chi connectivity index (χ1n) is 6.72. The summed E-state index contributed by atoms with van der Waals surface area (Å²) in [5, 5.41) is 3.18. The van der Waals surface area contributed by atoms with Gasteiger partial charge in [0.15, 0.2) is 0 Å². The number of benzene rings is 1. The number of fused-ring (bicyclic) bond motifs is 2. The van der Waals surface area contributed by atoms with Crippen molar-refractivity contribution in [1.29, 1.82) is 0 Å². The van der Waals surface area contributed by atoms with Gasteiger partial charge >= 0.3 is 0 Å². The largest absolute Gasteiger partial charge is 0.496 e. The van der Waals surface area contributed by atoms with Crippen molar-refractivity contribution in [3.8, 4) is 5.75 Å². The van der Waals surface area contributed by atoms with Gasteiger partial charge in [-0.3, -0.25) is 4.79 Å². The topological polar surface area (TPSA) is 38.3 Å². The molecule has 0 heterocycles. The molecule has 1 aromatic rings. The number of amides is 1. The Morgan fingerprint density at radius 1 is 1.28 bits per heavy atom. The van der Waals surface area contributed by atoms with Crippen molar-refractivity contribution in [2.45, 2.75) is 31.7 Å². The van der Waals surface area contributed by atoms with E-state index in [1.165, 1.54) is 19.3 Å². The number of para-hydroxylation sites is 1. The second-order valence-electron chi connectivity index (χ2n) is 5.46. The molecule has 2 fully saturated rings. The maximum Gasteiger partial charge on any atom is 0.255 e. The van der Waals surface area contributed by atoms with Gasteiger partial charge in [0.05, 0.1) is 12.7 Å². The Bertz CT molecular complexity index is 458. The molecule has 3 nitrogen and oxygen atoms in total. The van der Waals surface area contributed by atoms with E-state index >= 15 is 0 Å². The van der Waals surface area contributed by atoms with Crippen molar-refractivity contribution < 1.29 is 9.53 Å². The van der Waals surface area contributed by atoms with Crippen LogP contribution in [0.1, 0.15) is 36.0 Å². The SMILES string of the molecule is COc1ccccc1C(=O)NC1CC2CCC1C2. The Morgan fingerprint density at radius 3 is 2.78 bits per heavy atom. The summed E-state index contributed by atoms with van der Waals surface area (Å²) in [6, 6.07) is 7.78. The highest BCUT2D eigenvalue weighted by Gasteiger charge is 2.40. The van der Waals surface area contributed by atoms with Crippen LogP contribution in [0.4, 0.5) is 0 Å². The molecular formula is C15H19NO2. The minimum Gasteiger partial charge on any atom is -0.496 e. The summed E-state index contributed by atoms with van der Waals surface area (Å²) < 4.78 is 5.23. The van der Waals surface area contributed by atoms with Crippen LogP contribution in [-0.2, 0) is 0 Å². The van der Waals surface area contributed by atoms with E-state index in [1.54, 1.807) is 7.11 Å². The molecule has 2 aliphatic carbocycles. The molecule has 0 aliphatic heterocycles. The minimum atomic E-state index is 0.00463. The third kappa shape index (κ3) is 1.98. The van der Waals surface area contributed by atoms with Gasteiger partial charge in [0.2, 0.25) is 0 Å². The number of rotatable bonds is 3. The third-order valence-corrected chi connectivity index (χ3v) is 4.41. The maximum atomic E-state index is 12.3. The maximum absolute atomic E-state index is 12.3. The lowest BCUT2D eigenvalue weighted by Gasteiger charge is -2.23. The number of carbonyl (C=O) groups is 1. The van der Waals surface area contributed by atoms with Crippen molar-refractivity contribution in [1.82, 2.24) is 5.32 Å². The Balaban J connectivity index is 1.71. The van der Waals surface area contributed by atoms with Crippen LogP contribution < -0.4 is 10.1 Å². The first-order chi connectivity index (χ1) is 8.78. The van der Waals surface area contributed by atoms with Gasteiger partial charge in [0, 0.05) is 6.04 Å². The Labute approximate surface area is 108 Å². The monoisotopic (exact) mass is 245 g/mol. The third-order valence-electron chi connectivity index (χ3n) is 4.41. The zero-order valence-electron chi connectivity index (χ0n) is 10.7. The fourth-order valence-electron chi connectivity index (χ4n) is 3.50. The normalized spacial score (nSPS) is 29.3. The number of hydrogen-bond donors (Lipinski definition) is 1. The van der Waals surface area contributed by atoms with E-state index in [-0.39, 0.29) is 5.91 Å². The summed E-state index contributed by atoms with van der Waals surface area (Å²) in [6.07, 6.45) is 5.09. The van der Waals surface area contributed by atoms with E-state index in [0.717, 1.165) is 12.3 Å². The summed E-state index contributed by atoms with van der Waals surface area (Å²) in [7, 11) is 1.60. The van der Waals surface area contributed by atoms with E-state index in [1.807, 2.05) is 24.3 Å². The number of hydrogen-bond acceptors (Lipinski definition) is 2. The zero-order chi connectivity index (χ0) is 12.5. The molecule has 2 saturated carbocycles. The molecule has 0 saturated heterocycles. The van der Waals surface area contributed by atoms with Gasteiger partial charge in [-0.25, -0.2) is 0 Å². The van der Waals surface area contributed by atoms with Gasteiger partial charge in [-0.2, -0.15) is 0 Å². The first-order valence-corrected chi connectivity index (χ1v) is 6.72. The van der Waals surface area contributed by atoms with Crippen molar-refractivity contribution in [2.75, 3.05) is 7.11 Å². The van der Waals surface area contributed by atoms with Gasteiger partial charge in [-0.1, -0.05) is 18.6 Å². The zero-order valence-corrected chi connectivity index (χ0v) is 10.7. The van der Waals surface area contributed by atoms with E-state index in [0.29, 0.717) is 23.3 Å². The molecule has 3 unspecified atom stereocenters. The Hall–Kier alpha value is -1.51. The molecule has 3 atom stereocenters. The van der Waals surface area contributed by atoms with Crippen molar-refractivity contribution in [2.24, 2.45) is 11.8 Å². The molecular weight excluding hydrogens is 226 g/mol. The minimum absolute atomic E-state index is 0.00463. The molecule has 0 radical (unpaired) electrons. The van der Waals surface area contributed by atoms with Crippen LogP contribution in [0.2, 0.25) is 0 Å². The number of carbonyl (C=O) groups excluding carboxylic acids is 1. The van der Waals surface area contributed by atoms with Crippen molar-refractivity contribution >= 4 is 5.91 Å². The molecule has 2 aliphatic rings. The summed E-state index contributed by atoms with van der Waals surface area (Å²) in [5.74, 6) is 2.20. The summed E-state index contributed by atoms with van der Waals surface area (Å²) in [6.45, 7) is 0. The summed E-state index contributed by atoms with van der Waals surface area (Å²) >= 11 is 0. The fraction of sp³-hybridized carbons (Fsp3) is 0.533. The van der Waals surface area contributed by atoms with Crippen molar-refractivity contribution in [3.05, 3.63) is 29.8 Å². The van der Waals surface area contributed by atoms with Crippen LogP contribution in [0.15, 0.2) is 24.3 Å². The Morgan fingerprint density at radius 2 is 2.11 bits per heavy atom. The lowest BCUT2D eigenvalue weighted by molar-refractivity contribution is 0.0920. The molecule has 2 bridgehead atoms. The molecule has 0 spiro atoms. The smallest absolute Gasteiger partial charge is 0.255 e. The van der Waals surface area contributed by atoms with E-state index in [2.05, 4.69) is 5.32 Å². The average Bonchev–Trinajstić information content (AvgIpc) is 3.01. The molecule has 1 aromatic carbocycles. The van der Waals surface area contributed by atoms with Crippen LogP contribution in [0.5, 0.6) is 5.75 Å². The predicted molar refractivity (Wildman–Crippen MR) is 69.7 cm³/mol. The average molecular weight is 245 g/mol. The van der Waals surface area contributed by atoms with Crippen LogP contribution >= 0.6 is 0 Å². The van der Waals surface area contributed by atoms with E-state index in [9.17, 15) is 4.79 Å². The van der Waals surface area contributed by atoms with E-state index in [4.69, 9.17) is 4.74 Å². The molecule has 3 rings (SSSR count). The van der Waals surface area contributed by atoms with E-state index < -0.39 is 0 Å². The lowest BCUT2D eigenvalue weighted by atomic mass is 9.95. The molecule has 0 aromatic heterocycles. The number of methoxy groups -OCH3 is 1. The van der Waals surface area contributed by atoms with Crippen LogP contribution in [0.3, 0.4) is 0 Å². The van der Waals surface area contributed by atoms with Gasteiger partial charge in [0.1, 0.15) is 5.75 Å². The quantitative estimate of drug-likeness (QED) is 0.889. The predicted octanol–water partition coefficient (Wildman–Crippen LogP) is 2.61. The second kappa shape index (κ2) is 4.63. The van der Waals surface area contributed by atoms with Crippen molar-refractivity contribution in [3.63, 3.8) is 0 Å². The molecule has 3 heteroatoms. The summed E-state index contributed by atoms with van der Waals surface area (Å²) in [5.41, 5.74) is 0.641. The van der Waals surface area contributed by atoms with Gasteiger partial charge in [-0.15, -0.1) is 0 Å².